The van der Waals surface area contributed by atoms with Crippen molar-refractivity contribution in [2.24, 2.45) is 0 Å². The SMILES string of the molecule is O=C(O)c1ccccc1SC1CC(=O)N(c2cccc(C(F)(F)F)c2)C1=O. The topological polar surface area (TPSA) is 74.7 Å². The molecule has 1 aliphatic heterocycles. The van der Waals surface area contributed by atoms with Crippen molar-refractivity contribution in [2.45, 2.75) is 22.7 Å². The molecule has 1 fully saturated rings. The molecule has 0 radical (unpaired) electrons. The molecule has 1 atom stereocenters. The summed E-state index contributed by atoms with van der Waals surface area (Å²) in [6, 6.07) is 9.99. The largest absolute Gasteiger partial charge is 0.478 e. The summed E-state index contributed by atoms with van der Waals surface area (Å²) < 4.78 is 38.7. The Morgan fingerprint density at radius 1 is 1.11 bits per heavy atom. The van der Waals surface area contributed by atoms with Crippen LogP contribution in [0.5, 0.6) is 0 Å². The highest BCUT2D eigenvalue weighted by molar-refractivity contribution is 8.00. The number of imide groups is 1. The minimum absolute atomic E-state index is 0.0136. The van der Waals surface area contributed by atoms with Crippen LogP contribution in [0.25, 0.3) is 0 Å². The summed E-state index contributed by atoms with van der Waals surface area (Å²) in [7, 11) is 0. The van der Waals surface area contributed by atoms with Crippen molar-refractivity contribution < 1.29 is 32.7 Å². The summed E-state index contributed by atoms with van der Waals surface area (Å²) >= 11 is 0.911. The van der Waals surface area contributed by atoms with Gasteiger partial charge in [0.05, 0.1) is 22.1 Å². The number of carboxylic acid groups (broad SMARTS) is 1. The minimum atomic E-state index is -4.60. The first-order valence-corrected chi connectivity index (χ1v) is 8.59. The van der Waals surface area contributed by atoms with E-state index in [1.165, 1.54) is 24.3 Å². The van der Waals surface area contributed by atoms with Crippen LogP contribution < -0.4 is 4.90 Å². The monoisotopic (exact) mass is 395 g/mol. The molecule has 1 heterocycles. The van der Waals surface area contributed by atoms with Crippen LogP contribution in [0.1, 0.15) is 22.3 Å². The molecule has 0 saturated carbocycles. The fraction of sp³-hybridized carbons (Fsp3) is 0.167. The Morgan fingerprint density at radius 2 is 1.81 bits per heavy atom. The molecule has 2 aromatic carbocycles. The molecule has 1 unspecified atom stereocenters. The lowest BCUT2D eigenvalue weighted by Gasteiger charge is -2.17. The number of halogens is 3. The van der Waals surface area contributed by atoms with Gasteiger partial charge in [-0.15, -0.1) is 11.8 Å². The van der Waals surface area contributed by atoms with Gasteiger partial charge >= 0.3 is 12.1 Å². The first-order chi connectivity index (χ1) is 12.7. The number of carbonyl (C=O) groups is 3. The number of carbonyl (C=O) groups excluding carboxylic acids is 2. The van der Waals surface area contributed by atoms with Crippen molar-refractivity contribution >= 4 is 35.2 Å². The maximum absolute atomic E-state index is 12.9. The molecular weight excluding hydrogens is 383 g/mol. The summed E-state index contributed by atoms with van der Waals surface area (Å²) in [6.45, 7) is 0. The van der Waals surface area contributed by atoms with Crippen LogP contribution in [-0.4, -0.2) is 28.1 Å². The summed E-state index contributed by atoms with van der Waals surface area (Å²) in [6.07, 6.45) is -4.83. The molecule has 0 spiro atoms. The number of hydrogen-bond donors (Lipinski definition) is 1. The highest BCUT2D eigenvalue weighted by Gasteiger charge is 2.41. The Labute approximate surface area is 155 Å². The third-order valence-electron chi connectivity index (χ3n) is 3.92. The van der Waals surface area contributed by atoms with Crippen molar-refractivity contribution in [3.8, 4) is 0 Å². The number of alkyl halides is 3. The number of rotatable bonds is 4. The maximum Gasteiger partial charge on any atom is 0.416 e. The van der Waals surface area contributed by atoms with Crippen LogP contribution in [0.4, 0.5) is 18.9 Å². The van der Waals surface area contributed by atoms with Crippen molar-refractivity contribution in [1.29, 1.82) is 0 Å². The van der Waals surface area contributed by atoms with Gasteiger partial charge in [0, 0.05) is 11.3 Å². The summed E-state index contributed by atoms with van der Waals surface area (Å²) in [5.74, 6) is -2.49. The van der Waals surface area contributed by atoms with E-state index in [9.17, 15) is 32.7 Å². The molecule has 2 amide bonds. The second kappa shape index (κ2) is 7.07. The van der Waals surface area contributed by atoms with Crippen molar-refractivity contribution in [3.63, 3.8) is 0 Å². The highest BCUT2D eigenvalue weighted by Crippen LogP contribution is 2.37. The van der Waals surface area contributed by atoms with E-state index in [2.05, 4.69) is 0 Å². The molecule has 0 aromatic heterocycles. The number of hydrogen-bond acceptors (Lipinski definition) is 4. The predicted octanol–water partition coefficient (Wildman–Crippen LogP) is 3.83. The molecule has 2 aromatic rings. The average molecular weight is 395 g/mol. The predicted molar refractivity (Wildman–Crippen MR) is 91.6 cm³/mol. The fourth-order valence-electron chi connectivity index (χ4n) is 2.69. The van der Waals surface area contributed by atoms with Crippen molar-refractivity contribution in [3.05, 3.63) is 59.7 Å². The first kappa shape index (κ1) is 19.0. The molecule has 140 valence electrons. The van der Waals surface area contributed by atoms with Crippen LogP contribution in [0.3, 0.4) is 0 Å². The lowest BCUT2D eigenvalue weighted by Crippen LogP contribution is -2.31. The number of amides is 2. The minimum Gasteiger partial charge on any atom is -0.478 e. The summed E-state index contributed by atoms with van der Waals surface area (Å²) in [4.78, 5) is 37.2. The third kappa shape index (κ3) is 3.82. The zero-order valence-corrected chi connectivity index (χ0v) is 14.4. The molecule has 0 bridgehead atoms. The van der Waals surface area contributed by atoms with E-state index < -0.39 is 34.8 Å². The number of benzene rings is 2. The Morgan fingerprint density at radius 3 is 2.48 bits per heavy atom. The van der Waals surface area contributed by atoms with Gasteiger partial charge in [0.15, 0.2) is 0 Å². The van der Waals surface area contributed by atoms with Gasteiger partial charge in [0.2, 0.25) is 11.8 Å². The second-order valence-electron chi connectivity index (χ2n) is 5.73. The third-order valence-corrected chi connectivity index (χ3v) is 5.19. The van der Waals surface area contributed by atoms with E-state index in [4.69, 9.17) is 0 Å². The average Bonchev–Trinajstić information content (AvgIpc) is 2.88. The number of aromatic carboxylic acids is 1. The molecule has 27 heavy (non-hydrogen) atoms. The van der Waals surface area contributed by atoms with Crippen LogP contribution in [0.15, 0.2) is 53.4 Å². The maximum atomic E-state index is 12.9. The zero-order valence-electron chi connectivity index (χ0n) is 13.6. The van der Waals surface area contributed by atoms with Gasteiger partial charge in [0.25, 0.3) is 0 Å². The molecule has 5 nitrogen and oxygen atoms in total. The lowest BCUT2D eigenvalue weighted by molar-refractivity contribution is -0.137. The number of carboxylic acids is 1. The highest BCUT2D eigenvalue weighted by atomic mass is 32.2. The van der Waals surface area contributed by atoms with Crippen LogP contribution in [0, 0.1) is 0 Å². The molecule has 9 heteroatoms. The number of anilines is 1. The molecule has 3 rings (SSSR count). The lowest BCUT2D eigenvalue weighted by atomic mass is 10.2. The fourth-order valence-corrected chi connectivity index (χ4v) is 3.87. The van der Waals surface area contributed by atoms with Gasteiger partial charge in [-0.1, -0.05) is 18.2 Å². The van der Waals surface area contributed by atoms with Gasteiger partial charge in [-0.25, -0.2) is 9.69 Å². The molecular formula is C18H12F3NO4S. The Balaban J connectivity index is 1.87. The number of thioether (sulfide) groups is 1. The van der Waals surface area contributed by atoms with Gasteiger partial charge < -0.3 is 5.11 Å². The number of nitrogens with zero attached hydrogens (tertiary/aromatic N) is 1. The van der Waals surface area contributed by atoms with Gasteiger partial charge in [0.1, 0.15) is 0 Å². The van der Waals surface area contributed by atoms with E-state index >= 15 is 0 Å². The molecule has 0 aliphatic carbocycles. The smallest absolute Gasteiger partial charge is 0.416 e. The Hall–Kier alpha value is -2.81. The molecule has 1 saturated heterocycles. The second-order valence-corrected chi connectivity index (χ2v) is 6.97. The Bertz CT molecular complexity index is 929. The molecule has 1 N–H and O–H groups in total. The van der Waals surface area contributed by atoms with Crippen LogP contribution >= 0.6 is 11.8 Å². The van der Waals surface area contributed by atoms with Crippen molar-refractivity contribution in [2.75, 3.05) is 4.90 Å². The molecule has 1 aliphatic rings. The van der Waals surface area contributed by atoms with Gasteiger partial charge in [-0.3, -0.25) is 9.59 Å². The van der Waals surface area contributed by atoms with Crippen molar-refractivity contribution in [1.82, 2.24) is 0 Å². The van der Waals surface area contributed by atoms with E-state index in [0.717, 1.165) is 34.9 Å². The van der Waals surface area contributed by atoms with Gasteiger partial charge in [-0.05, 0) is 30.3 Å². The van der Waals surface area contributed by atoms with E-state index in [0.29, 0.717) is 4.90 Å². The quantitative estimate of drug-likeness (QED) is 0.797. The van der Waals surface area contributed by atoms with E-state index in [1.807, 2.05) is 0 Å². The van der Waals surface area contributed by atoms with E-state index in [1.54, 1.807) is 6.07 Å². The van der Waals surface area contributed by atoms with Crippen LogP contribution in [-0.2, 0) is 15.8 Å². The van der Waals surface area contributed by atoms with E-state index in [-0.39, 0.29) is 17.7 Å². The first-order valence-electron chi connectivity index (χ1n) is 7.71. The van der Waals surface area contributed by atoms with Gasteiger partial charge in [-0.2, -0.15) is 13.2 Å². The standard InChI is InChI=1S/C18H12F3NO4S/c19-18(20,21)10-4-3-5-11(8-10)22-15(23)9-14(16(22)24)27-13-7-2-1-6-12(13)17(25)26/h1-8,14H,9H2,(H,25,26). The summed E-state index contributed by atoms with van der Waals surface area (Å²) in [5, 5.41) is 8.30. The normalized spacial score (nSPS) is 17.4. The zero-order chi connectivity index (χ0) is 19.8. The van der Waals surface area contributed by atoms with Crippen LogP contribution in [0.2, 0.25) is 0 Å². The Kier molecular flexibility index (Phi) is 4.97. The summed E-state index contributed by atoms with van der Waals surface area (Å²) in [5.41, 5.74) is -1.14.